The van der Waals surface area contributed by atoms with E-state index >= 15 is 0 Å². The zero-order valence-electron chi connectivity index (χ0n) is 10.6. The second-order valence-electron chi connectivity index (χ2n) is 4.10. The molecular formula is C13H16N2O3. The number of amides is 1. The number of fused-ring (bicyclic) bond motifs is 1. The number of carbonyl (C=O) groups excluding carboxylic acids is 1. The van der Waals surface area contributed by atoms with E-state index in [0.29, 0.717) is 0 Å². The average Bonchev–Trinajstić information content (AvgIpc) is 2.75. The maximum absolute atomic E-state index is 11.3. The maximum Gasteiger partial charge on any atom is 0.224 e. The molecule has 0 bridgehead atoms. The lowest BCUT2D eigenvalue weighted by Crippen LogP contribution is -2.18. The van der Waals surface area contributed by atoms with Gasteiger partial charge in [-0.05, 0) is 30.7 Å². The van der Waals surface area contributed by atoms with E-state index < -0.39 is 0 Å². The van der Waals surface area contributed by atoms with Crippen LogP contribution in [0, 0.1) is 0 Å². The van der Waals surface area contributed by atoms with Crippen LogP contribution in [0.4, 0.5) is 0 Å². The lowest BCUT2D eigenvalue weighted by Gasteiger charge is -2.05. The number of benzene rings is 1. The van der Waals surface area contributed by atoms with Gasteiger partial charge < -0.3 is 15.3 Å². The first-order valence-corrected chi connectivity index (χ1v) is 5.61. The highest BCUT2D eigenvalue weighted by atomic mass is 16.6. The summed E-state index contributed by atoms with van der Waals surface area (Å²) in [5, 5.41) is 0.905. The predicted molar refractivity (Wildman–Crippen MR) is 68.6 cm³/mol. The van der Waals surface area contributed by atoms with Crippen molar-refractivity contribution in [3.63, 3.8) is 0 Å². The third-order valence-electron chi connectivity index (χ3n) is 3.10. The lowest BCUT2D eigenvalue weighted by atomic mass is 10.00. The van der Waals surface area contributed by atoms with Crippen LogP contribution >= 0.6 is 0 Å². The van der Waals surface area contributed by atoms with Crippen LogP contribution in [0.2, 0.25) is 0 Å². The number of rotatable bonds is 4. The Kier molecular flexibility index (Phi) is 3.14. The van der Waals surface area contributed by atoms with Crippen molar-refractivity contribution in [2.75, 3.05) is 14.2 Å². The molecule has 1 aromatic heterocycles. The number of primary amides is 1. The minimum atomic E-state index is -0.379. The molecule has 0 aliphatic heterocycles. The molecule has 5 heteroatoms. The van der Waals surface area contributed by atoms with Crippen LogP contribution in [-0.2, 0) is 4.79 Å². The molecule has 0 saturated heterocycles. The molecule has 96 valence electrons. The summed E-state index contributed by atoms with van der Waals surface area (Å²) in [7, 11) is 3.17. The van der Waals surface area contributed by atoms with Crippen molar-refractivity contribution in [3.8, 4) is 5.75 Å². The van der Waals surface area contributed by atoms with E-state index in [1.54, 1.807) is 32.1 Å². The molecule has 0 aliphatic carbocycles. The Hall–Kier alpha value is -2.17. The Balaban J connectivity index is 2.68. The van der Waals surface area contributed by atoms with Gasteiger partial charge in [-0.3, -0.25) is 4.79 Å². The largest absolute Gasteiger partial charge is 0.497 e. The van der Waals surface area contributed by atoms with Crippen LogP contribution in [0.15, 0.2) is 24.4 Å². The number of nitrogens with two attached hydrogens (primary N) is 1. The number of methoxy groups -OCH3 is 1. The van der Waals surface area contributed by atoms with Gasteiger partial charge in [-0.1, -0.05) is 0 Å². The topological polar surface area (TPSA) is 66.5 Å². The van der Waals surface area contributed by atoms with E-state index in [1.165, 1.54) is 0 Å². The molecule has 18 heavy (non-hydrogen) atoms. The predicted octanol–water partition coefficient (Wildman–Crippen LogP) is 1.30. The van der Waals surface area contributed by atoms with Crippen LogP contribution in [-0.4, -0.2) is 24.9 Å². The lowest BCUT2D eigenvalue weighted by molar-refractivity contribution is -0.119. The van der Waals surface area contributed by atoms with E-state index in [4.69, 9.17) is 15.3 Å². The van der Waals surface area contributed by atoms with Gasteiger partial charge in [0.2, 0.25) is 5.91 Å². The van der Waals surface area contributed by atoms with Crippen LogP contribution in [0.25, 0.3) is 10.9 Å². The zero-order valence-corrected chi connectivity index (χ0v) is 10.6. The number of hydrogen-bond donors (Lipinski definition) is 1. The highest BCUT2D eigenvalue weighted by Gasteiger charge is 2.19. The fourth-order valence-corrected chi connectivity index (χ4v) is 1.98. The Bertz CT molecular complexity index is 589. The third kappa shape index (κ3) is 1.88. The summed E-state index contributed by atoms with van der Waals surface area (Å²) >= 11 is 0. The van der Waals surface area contributed by atoms with Crippen molar-refractivity contribution in [2.45, 2.75) is 12.8 Å². The summed E-state index contributed by atoms with van der Waals surface area (Å²) < 4.78 is 6.81. The smallest absolute Gasteiger partial charge is 0.224 e. The van der Waals surface area contributed by atoms with Gasteiger partial charge in [0, 0.05) is 11.6 Å². The first-order valence-electron chi connectivity index (χ1n) is 5.61. The summed E-state index contributed by atoms with van der Waals surface area (Å²) in [6.07, 6.45) is 1.78. The van der Waals surface area contributed by atoms with Crippen LogP contribution in [0.3, 0.4) is 0 Å². The van der Waals surface area contributed by atoms with Gasteiger partial charge in [0.25, 0.3) is 0 Å². The van der Waals surface area contributed by atoms with Crippen LogP contribution in [0.1, 0.15) is 18.4 Å². The molecule has 0 fully saturated rings. The molecule has 2 aromatic rings. The second-order valence-corrected chi connectivity index (χ2v) is 4.10. The summed E-state index contributed by atoms with van der Waals surface area (Å²) in [4.78, 5) is 16.6. The van der Waals surface area contributed by atoms with Crippen molar-refractivity contribution in [3.05, 3.63) is 30.0 Å². The normalized spacial score (nSPS) is 12.4. The standard InChI is InChI=1S/C13H16N2O3/c1-8(13(14)16)11-7-15(18-3)12-5-4-9(17-2)6-10(11)12/h4-8H,1-3H3,(H2,14,16). The fraction of sp³-hybridized carbons (Fsp3) is 0.308. The molecule has 1 heterocycles. The van der Waals surface area contributed by atoms with Gasteiger partial charge >= 0.3 is 0 Å². The summed E-state index contributed by atoms with van der Waals surface area (Å²) in [6.45, 7) is 1.77. The van der Waals surface area contributed by atoms with Gasteiger partial charge in [0.1, 0.15) is 12.9 Å². The van der Waals surface area contributed by atoms with Gasteiger partial charge in [-0.2, -0.15) is 4.73 Å². The molecule has 0 radical (unpaired) electrons. The molecule has 1 atom stereocenters. The van der Waals surface area contributed by atoms with Crippen molar-refractivity contribution < 1.29 is 14.4 Å². The van der Waals surface area contributed by atoms with E-state index in [-0.39, 0.29) is 11.8 Å². The van der Waals surface area contributed by atoms with Gasteiger partial charge in [0.05, 0.1) is 18.5 Å². The summed E-state index contributed by atoms with van der Waals surface area (Å²) in [6, 6.07) is 5.60. The number of carbonyl (C=O) groups is 1. The highest BCUT2D eigenvalue weighted by Crippen LogP contribution is 2.30. The van der Waals surface area contributed by atoms with Crippen molar-refractivity contribution >= 4 is 16.8 Å². The van der Waals surface area contributed by atoms with Gasteiger partial charge in [-0.15, -0.1) is 0 Å². The molecule has 5 nitrogen and oxygen atoms in total. The van der Waals surface area contributed by atoms with Crippen molar-refractivity contribution in [1.82, 2.24) is 4.73 Å². The monoisotopic (exact) mass is 248 g/mol. The van der Waals surface area contributed by atoms with E-state index in [1.807, 2.05) is 18.2 Å². The SMILES string of the molecule is COc1ccc2c(c1)c(C(C)C(N)=O)cn2OC. The minimum Gasteiger partial charge on any atom is -0.497 e. The van der Waals surface area contributed by atoms with Crippen molar-refractivity contribution in [1.29, 1.82) is 0 Å². The molecule has 0 aliphatic rings. The fourth-order valence-electron chi connectivity index (χ4n) is 1.98. The molecule has 2 N–H and O–H groups in total. The maximum atomic E-state index is 11.3. The average molecular weight is 248 g/mol. The number of aromatic nitrogens is 1. The van der Waals surface area contributed by atoms with E-state index in [0.717, 1.165) is 22.2 Å². The molecule has 0 saturated carbocycles. The molecule has 0 spiro atoms. The van der Waals surface area contributed by atoms with E-state index in [2.05, 4.69) is 0 Å². The molecule has 2 rings (SSSR count). The Morgan fingerprint density at radius 3 is 2.67 bits per heavy atom. The highest BCUT2D eigenvalue weighted by molar-refractivity contribution is 5.92. The second kappa shape index (κ2) is 4.60. The number of nitrogens with zero attached hydrogens (tertiary/aromatic N) is 1. The van der Waals surface area contributed by atoms with Crippen LogP contribution < -0.4 is 15.3 Å². The Morgan fingerprint density at radius 1 is 1.39 bits per heavy atom. The Morgan fingerprint density at radius 2 is 2.11 bits per heavy atom. The van der Waals surface area contributed by atoms with Gasteiger partial charge in [0.15, 0.2) is 0 Å². The van der Waals surface area contributed by atoms with E-state index in [9.17, 15) is 4.79 Å². The zero-order chi connectivity index (χ0) is 13.3. The van der Waals surface area contributed by atoms with Crippen molar-refractivity contribution in [2.24, 2.45) is 5.73 Å². The molecule has 1 unspecified atom stereocenters. The molecular weight excluding hydrogens is 232 g/mol. The summed E-state index contributed by atoms with van der Waals surface area (Å²) in [5.74, 6) is -0.0155. The minimum absolute atomic E-state index is 0.368. The third-order valence-corrected chi connectivity index (χ3v) is 3.10. The molecule has 1 aromatic carbocycles. The number of hydrogen-bond acceptors (Lipinski definition) is 3. The van der Waals surface area contributed by atoms with Gasteiger partial charge in [-0.25, -0.2) is 0 Å². The first-order chi connectivity index (χ1) is 8.58. The quantitative estimate of drug-likeness (QED) is 0.886. The summed E-state index contributed by atoms with van der Waals surface area (Å²) in [5.41, 5.74) is 7.07. The Labute approximate surface area is 105 Å². The first kappa shape index (κ1) is 12.3. The van der Waals surface area contributed by atoms with Crippen LogP contribution in [0.5, 0.6) is 5.75 Å². The number of ether oxygens (including phenoxy) is 1. The molecule has 1 amide bonds.